The van der Waals surface area contributed by atoms with Crippen LogP contribution in [0.2, 0.25) is 0 Å². The average Bonchev–Trinajstić information content (AvgIpc) is 2.95. The molecular formula is C17H28N4OS. The molecule has 128 valence electrons. The van der Waals surface area contributed by atoms with E-state index in [0.29, 0.717) is 23.3 Å². The highest BCUT2D eigenvalue weighted by Crippen LogP contribution is 2.31. The Bertz CT molecular complexity index is 518. The first kappa shape index (κ1) is 16.7. The Hall–Kier alpha value is -1.14. The van der Waals surface area contributed by atoms with E-state index in [-0.39, 0.29) is 6.03 Å². The summed E-state index contributed by atoms with van der Waals surface area (Å²) in [4.78, 5) is 20.5. The second kappa shape index (κ2) is 7.62. The van der Waals surface area contributed by atoms with Gasteiger partial charge in [0.1, 0.15) is 0 Å². The van der Waals surface area contributed by atoms with Gasteiger partial charge in [0.25, 0.3) is 0 Å². The van der Waals surface area contributed by atoms with E-state index in [1.54, 1.807) is 0 Å². The van der Waals surface area contributed by atoms with Crippen LogP contribution in [0.3, 0.4) is 0 Å². The van der Waals surface area contributed by atoms with Crippen molar-refractivity contribution in [2.45, 2.75) is 82.8 Å². The fraction of sp³-hybridized carbons (Fsp3) is 0.765. The number of amides is 2. The summed E-state index contributed by atoms with van der Waals surface area (Å²) in [6.45, 7) is 2.01. The van der Waals surface area contributed by atoms with Crippen molar-refractivity contribution in [3.05, 3.63) is 11.1 Å². The Morgan fingerprint density at radius 2 is 1.83 bits per heavy atom. The Kier molecular flexibility index (Phi) is 5.54. The summed E-state index contributed by atoms with van der Waals surface area (Å²) in [5, 5.41) is 3.74. The molecule has 2 fully saturated rings. The molecule has 0 unspecified atom stereocenters. The van der Waals surface area contributed by atoms with Crippen LogP contribution >= 0.6 is 11.3 Å². The average molecular weight is 337 g/mol. The van der Waals surface area contributed by atoms with E-state index in [2.05, 4.69) is 15.2 Å². The lowest BCUT2D eigenvalue weighted by Crippen LogP contribution is -2.51. The van der Waals surface area contributed by atoms with Crippen molar-refractivity contribution in [3.8, 4) is 0 Å². The highest BCUT2D eigenvalue weighted by molar-refractivity contribution is 7.15. The SMILES string of the molecule is Cc1cnc(NC(=O)N(C2CCCCC2)C2CCC(N)CC2)s1. The van der Waals surface area contributed by atoms with Crippen molar-refractivity contribution in [2.75, 3.05) is 5.32 Å². The predicted molar refractivity (Wildman–Crippen MR) is 94.8 cm³/mol. The lowest BCUT2D eigenvalue weighted by molar-refractivity contribution is 0.110. The predicted octanol–water partition coefficient (Wildman–Crippen LogP) is 3.89. The molecule has 2 amide bonds. The maximum atomic E-state index is 13.0. The van der Waals surface area contributed by atoms with Crippen molar-refractivity contribution < 1.29 is 4.79 Å². The standard InChI is InChI=1S/C17H28N4OS/c1-12-11-19-16(23-12)20-17(22)21(14-5-3-2-4-6-14)15-9-7-13(18)8-10-15/h11,13-15H,2-10,18H2,1H3,(H,19,20,22). The van der Waals surface area contributed by atoms with Gasteiger partial charge in [-0.3, -0.25) is 5.32 Å². The number of aryl methyl sites for hydroxylation is 1. The first-order valence-electron chi connectivity index (χ1n) is 8.91. The molecule has 2 aliphatic rings. The van der Waals surface area contributed by atoms with Gasteiger partial charge in [0.15, 0.2) is 5.13 Å². The number of nitrogens with zero attached hydrogens (tertiary/aromatic N) is 2. The number of carbonyl (C=O) groups is 1. The normalized spacial score (nSPS) is 26.0. The number of thiazole rings is 1. The molecule has 5 nitrogen and oxygen atoms in total. The Morgan fingerprint density at radius 3 is 2.43 bits per heavy atom. The molecule has 0 spiro atoms. The number of aromatic nitrogens is 1. The summed E-state index contributed by atoms with van der Waals surface area (Å²) in [7, 11) is 0. The van der Waals surface area contributed by atoms with E-state index in [9.17, 15) is 4.79 Å². The third-order valence-electron chi connectivity index (χ3n) is 5.17. The van der Waals surface area contributed by atoms with Crippen LogP contribution in [0.15, 0.2) is 6.20 Å². The van der Waals surface area contributed by atoms with Gasteiger partial charge in [-0.15, -0.1) is 11.3 Å². The molecule has 2 aliphatic carbocycles. The summed E-state index contributed by atoms with van der Waals surface area (Å²) in [5.41, 5.74) is 6.05. The van der Waals surface area contributed by atoms with Gasteiger partial charge in [0, 0.05) is 29.2 Å². The first-order valence-corrected chi connectivity index (χ1v) is 9.72. The van der Waals surface area contributed by atoms with Gasteiger partial charge in [-0.1, -0.05) is 19.3 Å². The zero-order valence-corrected chi connectivity index (χ0v) is 14.8. The molecule has 0 bridgehead atoms. The molecule has 1 heterocycles. The second-order valence-electron chi connectivity index (χ2n) is 6.97. The van der Waals surface area contributed by atoms with Gasteiger partial charge < -0.3 is 10.6 Å². The summed E-state index contributed by atoms with van der Waals surface area (Å²) < 4.78 is 0. The Morgan fingerprint density at radius 1 is 1.17 bits per heavy atom. The fourth-order valence-electron chi connectivity index (χ4n) is 3.94. The second-order valence-corrected chi connectivity index (χ2v) is 8.21. The van der Waals surface area contributed by atoms with Crippen LogP contribution in [-0.4, -0.2) is 34.0 Å². The van der Waals surface area contributed by atoms with Crippen LogP contribution in [0.1, 0.15) is 62.7 Å². The Balaban J connectivity index is 1.71. The van der Waals surface area contributed by atoms with Crippen molar-refractivity contribution >= 4 is 22.5 Å². The summed E-state index contributed by atoms with van der Waals surface area (Å²) in [5.74, 6) is 0. The minimum absolute atomic E-state index is 0.0340. The monoisotopic (exact) mass is 336 g/mol. The molecule has 3 rings (SSSR count). The third-order valence-corrected chi connectivity index (χ3v) is 6.00. The fourth-order valence-corrected chi connectivity index (χ4v) is 4.59. The van der Waals surface area contributed by atoms with Gasteiger partial charge in [-0.2, -0.15) is 0 Å². The smallest absolute Gasteiger partial charge is 0.324 e. The molecule has 0 radical (unpaired) electrons. The minimum Gasteiger partial charge on any atom is -0.328 e. The number of nitrogens with one attached hydrogen (secondary N) is 1. The lowest BCUT2D eigenvalue weighted by Gasteiger charge is -2.42. The molecule has 6 heteroatoms. The molecule has 3 N–H and O–H groups in total. The number of nitrogens with two attached hydrogens (primary N) is 1. The molecule has 0 aliphatic heterocycles. The van der Waals surface area contributed by atoms with Crippen LogP contribution in [0.25, 0.3) is 0 Å². The van der Waals surface area contributed by atoms with Gasteiger partial charge in [-0.25, -0.2) is 9.78 Å². The van der Waals surface area contributed by atoms with Crippen LogP contribution < -0.4 is 11.1 Å². The molecule has 0 aromatic carbocycles. The van der Waals surface area contributed by atoms with Gasteiger partial charge in [0.05, 0.1) is 0 Å². The van der Waals surface area contributed by atoms with Crippen LogP contribution in [0, 0.1) is 6.92 Å². The van der Waals surface area contributed by atoms with E-state index >= 15 is 0 Å². The summed E-state index contributed by atoms with van der Waals surface area (Å²) in [6, 6.07) is 1.05. The van der Waals surface area contributed by atoms with E-state index in [1.807, 2.05) is 13.1 Å². The number of anilines is 1. The number of carbonyl (C=O) groups excluding carboxylic acids is 1. The largest absolute Gasteiger partial charge is 0.328 e. The summed E-state index contributed by atoms with van der Waals surface area (Å²) in [6.07, 6.45) is 11.9. The van der Waals surface area contributed by atoms with Crippen LogP contribution in [-0.2, 0) is 0 Å². The number of urea groups is 1. The molecule has 0 saturated heterocycles. The molecule has 2 saturated carbocycles. The van der Waals surface area contributed by atoms with E-state index in [0.717, 1.165) is 43.4 Å². The van der Waals surface area contributed by atoms with Crippen LogP contribution in [0.4, 0.5) is 9.93 Å². The van der Waals surface area contributed by atoms with Crippen molar-refractivity contribution in [1.29, 1.82) is 0 Å². The molecule has 1 aromatic heterocycles. The minimum atomic E-state index is 0.0340. The molecule has 0 atom stereocenters. The highest BCUT2D eigenvalue weighted by atomic mass is 32.1. The summed E-state index contributed by atoms with van der Waals surface area (Å²) >= 11 is 1.54. The first-order chi connectivity index (χ1) is 11.1. The van der Waals surface area contributed by atoms with Crippen molar-refractivity contribution in [1.82, 2.24) is 9.88 Å². The van der Waals surface area contributed by atoms with Crippen LogP contribution in [0.5, 0.6) is 0 Å². The van der Waals surface area contributed by atoms with E-state index in [1.165, 1.54) is 30.6 Å². The van der Waals surface area contributed by atoms with Gasteiger partial charge in [0.2, 0.25) is 0 Å². The lowest BCUT2D eigenvalue weighted by atomic mass is 9.87. The number of rotatable bonds is 3. The highest BCUT2D eigenvalue weighted by Gasteiger charge is 2.34. The Labute approximate surface area is 142 Å². The number of hydrogen-bond donors (Lipinski definition) is 2. The maximum absolute atomic E-state index is 13.0. The zero-order chi connectivity index (χ0) is 16.2. The van der Waals surface area contributed by atoms with E-state index < -0.39 is 0 Å². The zero-order valence-electron chi connectivity index (χ0n) is 14.0. The number of hydrogen-bond acceptors (Lipinski definition) is 4. The van der Waals surface area contributed by atoms with E-state index in [4.69, 9.17) is 5.73 Å². The van der Waals surface area contributed by atoms with Gasteiger partial charge in [-0.05, 0) is 45.4 Å². The molecule has 1 aromatic rings. The third kappa shape index (κ3) is 4.23. The molecular weight excluding hydrogens is 308 g/mol. The quantitative estimate of drug-likeness (QED) is 0.879. The maximum Gasteiger partial charge on any atom is 0.324 e. The van der Waals surface area contributed by atoms with Crippen molar-refractivity contribution in [2.24, 2.45) is 5.73 Å². The molecule has 23 heavy (non-hydrogen) atoms. The van der Waals surface area contributed by atoms with Gasteiger partial charge >= 0.3 is 6.03 Å². The van der Waals surface area contributed by atoms with Crippen molar-refractivity contribution in [3.63, 3.8) is 0 Å². The topological polar surface area (TPSA) is 71.2 Å².